The molecule has 0 aromatic carbocycles. The van der Waals surface area contributed by atoms with Crippen LogP contribution in [0.1, 0.15) is 45.3 Å². The molecular weight excluding hydrogens is 164 g/mol. The van der Waals surface area contributed by atoms with E-state index >= 15 is 0 Å². The van der Waals surface area contributed by atoms with Gasteiger partial charge in [-0.1, -0.05) is 20.8 Å². The maximum Gasteiger partial charge on any atom is 0.199 e. The van der Waals surface area contributed by atoms with Crippen molar-refractivity contribution in [3.05, 3.63) is 17.8 Å². The number of rotatable bonds is 2. The lowest BCUT2D eigenvalue weighted by Gasteiger charge is -2.12. The molecule has 0 aliphatic rings. The Bertz CT molecular complexity index is 273. The first kappa shape index (κ1) is 10.3. The minimum Gasteiger partial charge on any atom is -0.448 e. The first-order valence-electron chi connectivity index (χ1n) is 4.58. The third-order valence-electron chi connectivity index (χ3n) is 2.04. The van der Waals surface area contributed by atoms with Crippen molar-refractivity contribution in [1.29, 1.82) is 0 Å². The van der Waals surface area contributed by atoms with E-state index in [0.717, 1.165) is 11.6 Å². The summed E-state index contributed by atoms with van der Waals surface area (Å²) in [5.41, 5.74) is 0.957. The summed E-state index contributed by atoms with van der Waals surface area (Å²) in [5, 5.41) is 3.12. The maximum absolute atomic E-state index is 5.40. The summed E-state index contributed by atoms with van der Waals surface area (Å²) >= 11 is 0. The van der Waals surface area contributed by atoms with Crippen molar-refractivity contribution in [1.82, 2.24) is 10.3 Å². The van der Waals surface area contributed by atoms with Gasteiger partial charge in [-0.25, -0.2) is 4.98 Å². The van der Waals surface area contributed by atoms with Gasteiger partial charge in [-0.15, -0.1) is 0 Å². The average molecular weight is 182 g/mol. The van der Waals surface area contributed by atoms with Gasteiger partial charge in [0.1, 0.15) is 6.26 Å². The topological polar surface area (TPSA) is 38.1 Å². The molecule has 0 saturated heterocycles. The summed E-state index contributed by atoms with van der Waals surface area (Å²) in [6, 6.07) is 0.250. The van der Waals surface area contributed by atoms with Crippen LogP contribution in [-0.4, -0.2) is 12.0 Å². The number of nitrogens with zero attached hydrogens (tertiary/aromatic N) is 1. The highest BCUT2D eigenvalue weighted by Crippen LogP contribution is 2.22. The van der Waals surface area contributed by atoms with Crippen molar-refractivity contribution in [3.63, 3.8) is 0 Å². The smallest absolute Gasteiger partial charge is 0.199 e. The Kier molecular flexibility index (Phi) is 2.76. The van der Waals surface area contributed by atoms with Gasteiger partial charge in [0.2, 0.25) is 0 Å². The highest BCUT2D eigenvalue weighted by molar-refractivity contribution is 5.06. The van der Waals surface area contributed by atoms with Crippen molar-refractivity contribution < 1.29 is 4.42 Å². The molecule has 3 nitrogen and oxygen atoms in total. The quantitative estimate of drug-likeness (QED) is 0.762. The zero-order chi connectivity index (χ0) is 10.1. The molecule has 1 atom stereocenters. The van der Waals surface area contributed by atoms with Crippen molar-refractivity contribution in [2.75, 3.05) is 7.05 Å². The Morgan fingerprint density at radius 1 is 1.46 bits per heavy atom. The SMILES string of the molecule is CNC(C)c1coc(C(C)(C)C)n1. The van der Waals surface area contributed by atoms with Gasteiger partial charge in [-0.05, 0) is 14.0 Å². The first-order chi connectivity index (χ1) is 5.95. The Morgan fingerprint density at radius 3 is 2.46 bits per heavy atom. The Balaban J connectivity index is 2.87. The molecule has 74 valence electrons. The largest absolute Gasteiger partial charge is 0.448 e. The summed E-state index contributed by atoms with van der Waals surface area (Å²) in [4.78, 5) is 4.42. The maximum atomic E-state index is 5.40. The van der Waals surface area contributed by atoms with Crippen LogP contribution in [0.4, 0.5) is 0 Å². The van der Waals surface area contributed by atoms with Gasteiger partial charge in [0, 0.05) is 11.5 Å². The molecule has 1 heterocycles. The van der Waals surface area contributed by atoms with Crippen LogP contribution in [0.15, 0.2) is 10.7 Å². The van der Waals surface area contributed by atoms with Crippen LogP contribution >= 0.6 is 0 Å². The minimum atomic E-state index is -0.00822. The average Bonchev–Trinajstić information content (AvgIpc) is 2.50. The standard InChI is InChI=1S/C10H18N2O/c1-7(11-5)8-6-13-9(12-8)10(2,3)4/h6-7,11H,1-5H3. The second-order valence-electron chi connectivity index (χ2n) is 4.34. The highest BCUT2D eigenvalue weighted by Gasteiger charge is 2.21. The third-order valence-corrected chi connectivity index (χ3v) is 2.04. The number of hydrogen-bond donors (Lipinski definition) is 1. The van der Waals surface area contributed by atoms with Gasteiger partial charge in [-0.3, -0.25) is 0 Å². The lowest BCUT2D eigenvalue weighted by molar-refractivity contribution is 0.392. The molecule has 0 fully saturated rings. The summed E-state index contributed by atoms with van der Waals surface area (Å²) in [6.07, 6.45) is 1.72. The fraction of sp³-hybridized carbons (Fsp3) is 0.700. The van der Waals surface area contributed by atoms with E-state index in [4.69, 9.17) is 4.42 Å². The number of nitrogens with one attached hydrogen (secondary N) is 1. The number of oxazole rings is 1. The molecule has 3 heteroatoms. The fourth-order valence-electron chi connectivity index (χ4n) is 0.977. The molecule has 0 spiro atoms. The van der Waals surface area contributed by atoms with E-state index in [1.165, 1.54) is 0 Å². The summed E-state index contributed by atoms with van der Waals surface area (Å²) in [7, 11) is 1.91. The van der Waals surface area contributed by atoms with Crippen molar-refractivity contribution in [2.24, 2.45) is 0 Å². The van der Waals surface area contributed by atoms with E-state index in [1.807, 2.05) is 7.05 Å². The van der Waals surface area contributed by atoms with Gasteiger partial charge < -0.3 is 9.73 Å². The van der Waals surface area contributed by atoms with Crippen LogP contribution < -0.4 is 5.32 Å². The fourth-order valence-corrected chi connectivity index (χ4v) is 0.977. The van der Waals surface area contributed by atoms with Crippen LogP contribution in [-0.2, 0) is 5.41 Å². The number of hydrogen-bond acceptors (Lipinski definition) is 3. The van der Waals surface area contributed by atoms with E-state index in [-0.39, 0.29) is 11.5 Å². The molecule has 0 aliphatic carbocycles. The zero-order valence-electron chi connectivity index (χ0n) is 9.01. The molecule has 0 aliphatic heterocycles. The molecule has 13 heavy (non-hydrogen) atoms. The summed E-state index contributed by atoms with van der Waals surface area (Å²) < 4.78 is 5.40. The molecule has 1 aromatic rings. The normalized spacial score (nSPS) is 14.5. The van der Waals surface area contributed by atoms with E-state index in [9.17, 15) is 0 Å². The molecule has 0 radical (unpaired) electrons. The Morgan fingerprint density at radius 2 is 2.08 bits per heavy atom. The first-order valence-corrected chi connectivity index (χ1v) is 4.58. The van der Waals surface area contributed by atoms with Gasteiger partial charge in [0.25, 0.3) is 0 Å². The van der Waals surface area contributed by atoms with Crippen molar-refractivity contribution in [3.8, 4) is 0 Å². The third kappa shape index (κ3) is 2.31. The van der Waals surface area contributed by atoms with Crippen LogP contribution in [0.3, 0.4) is 0 Å². The molecule has 0 bridgehead atoms. The summed E-state index contributed by atoms with van der Waals surface area (Å²) in [6.45, 7) is 8.33. The van der Waals surface area contributed by atoms with Crippen LogP contribution in [0.5, 0.6) is 0 Å². The minimum absolute atomic E-state index is 0.00822. The van der Waals surface area contributed by atoms with E-state index < -0.39 is 0 Å². The van der Waals surface area contributed by atoms with Crippen LogP contribution in [0.25, 0.3) is 0 Å². The van der Waals surface area contributed by atoms with Crippen molar-refractivity contribution in [2.45, 2.75) is 39.2 Å². The van der Waals surface area contributed by atoms with Gasteiger partial charge in [0.15, 0.2) is 5.89 Å². The summed E-state index contributed by atoms with van der Waals surface area (Å²) in [5.74, 6) is 0.796. The molecule has 1 rings (SSSR count). The molecule has 0 saturated carbocycles. The predicted octanol–water partition coefficient (Wildman–Crippen LogP) is 2.25. The second-order valence-corrected chi connectivity index (χ2v) is 4.34. The Labute approximate surface area is 79.5 Å². The lowest BCUT2D eigenvalue weighted by Crippen LogP contribution is -2.15. The molecule has 1 N–H and O–H groups in total. The second kappa shape index (κ2) is 3.50. The van der Waals surface area contributed by atoms with Gasteiger partial charge >= 0.3 is 0 Å². The van der Waals surface area contributed by atoms with E-state index in [2.05, 4.69) is 38.0 Å². The van der Waals surface area contributed by atoms with Crippen molar-refractivity contribution >= 4 is 0 Å². The Hall–Kier alpha value is -0.830. The predicted molar refractivity (Wildman–Crippen MR) is 52.7 cm³/mol. The molecule has 0 amide bonds. The van der Waals surface area contributed by atoms with E-state index in [0.29, 0.717) is 0 Å². The number of aromatic nitrogens is 1. The van der Waals surface area contributed by atoms with E-state index in [1.54, 1.807) is 6.26 Å². The molecular formula is C10H18N2O. The zero-order valence-corrected chi connectivity index (χ0v) is 9.01. The van der Waals surface area contributed by atoms with Crippen LogP contribution in [0, 0.1) is 0 Å². The van der Waals surface area contributed by atoms with Crippen LogP contribution in [0.2, 0.25) is 0 Å². The van der Waals surface area contributed by atoms with Gasteiger partial charge in [0.05, 0.1) is 5.69 Å². The molecule has 1 aromatic heterocycles. The van der Waals surface area contributed by atoms with Gasteiger partial charge in [-0.2, -0.15) is 0 Å². The monoisotopic (exact) mass is 182 g/mol. The molecule has 1 unspecified atom stereocenters. The highest BCUT2D eigenvalue weighted by atomic mass is 16.3. The lowest BCUT2D eigenvalue weighted by atomic mass is 9.97.